The molecule has 0 spiro atoms. The molecule has 4 heteroatoms. The van der Waals surface area contributed by atoms with E-state index in [0.717, 1.165) is 0 Å². The Bertz CT molecular complexity index is 409. The number of carbonyl (C=O) groups is 2. The SMILES string of the molecule is CCOC(=O)c1cc(C(C)=O)ccc1OC. The highest BCUT2D eigenvalue weighted by Gasteiger charge is 2.15. The van der Waals surface area contributed by atoms with Crippen LogP contribution in [0.2, 0.25) is 0 Å². The number of ether oxygens (including phenoxy) is 2. The van der Waals surface area contributed by atoms with E-state index >= 15 is 0 Å². The smallest absolute Gasteiger partial charge is 0.341 e. The Hall–Kier alpha value is -1.84. The third-order valence-electron chi connectivity index (χ3n) is 2.10. The monoisotopic (exact) mass is 222 g/mol. The third-order valence-corrected chi connectivity index (χ3v) is 2.10. The highest BCUT2D eigenvalue weighted by Crippen LogP contribution is 2.21. The molecule has 1 aromatic carbocycles. The van der Waals surface area contributed by atoms with Crippen LogP contribution < -0.4 is 4.74 Å². The van der Waals surface area contributed by atoms with Gasteiger partial charge in [0, 0.05) is 5.56 Å². The van der Waals surface area contributed by atoms with Crippen molar-refractivity contribution in [2.75, 3.05) is 13.7 Å². The molecule has 0 atom stereocenters. The van der Waals surface area contributed by atoms with Crippen molar-refractivity contribution >= 4 is 11.8 Å². The Morgan fingerprint density at radius 2 is 2.00 bits per heavy atom. The fourth-order valence-corrected chi connectivity index (χ4v) is 1.30. The fourth-order valence-electron chi connectivity index (χ4n) is 1.30. The summed E-state index contributed by atoms with van der Waals surface area (Å²) in [5.41, 5.74) is 0.737. The second kappa shape index (κ2) is 5.30. The number of rotatable bonds is 4. The quantitative estimate of drug-likeness (QED) is 0.578. The first-order valence-corrected chi connectivity index (χ1v) is 4.96. The van der Waals surface area contributed by atoms with Crippen LogP contribution in [0.5, 0.6) is 5.75 Å². The maximum Gasteiger partial charge on any atom is 0.341 e. The van der Waals surface area contributed by atoms with Gasteiger partial charge in [-0.25, -0.2) is 4.79 Å². The molecule has 0 aliphatic heterocycles. The number of hydrogen-bond donors (Lipinski definition) is 0. The van der Waals surface area contributed by atoms with Crippen molar-refractivity contribution in [2.45, 2.75) is 13.8 Å². The molecule has 0 aliphatic carbocycles. The molecule has 0 fully saturated rings. The van der Waals surface area contributed by atoms with Gasteiger partial charge in [0.05, 0.1) is 13.7 Å². The van der Waals surface area contributed by atoms with E-state index < -0.39 is 5.97 Å². The molecule has 0 heterocycles. The Morgan fingerprint density at radius 3 is 2.50 bits per heavy atom. The lowest BCUT2D eigenvalue weighted by Crippen LogP contribution is -2.08. The van der Waals surface area contributed by atoms with Crippen molar-refractivity contribution < 1.29 is 19.1 Å². The van der Waals surface area contributed by atoms with Crippen LogP contribution in [0, 0.1) is 0 Å². The number of ketones is 1. The molecule has 86 valence electrons. The van der Waals surface area contributed by atoms with E-state index in [9.17, 15) is 9.59 Å². The fraction of sp³-hybridized carbons (Fsp3) is 0.333. The van der Waals surface area contributed by atoms with Crippen LogP contribution in [0.3, 0.4) is 0 Å². The van der Waals surface area contributed by atoms with Crippen LogP contribution in [0.25, 0.3) is 0 Å². The second-order valence-corrected chi connectivity index (χ2v) is 3.19. The zero-order valence-electron chi connectivity index (χ0n) is 9.57. The van der Waals surface area contributed by atoms with Crippen molar-refractivity contribution in [3.05, 3.63) is 29.3 Å². The van der Waals surface area contributed by atoms with Crippen molar-refractivity contribution in [3.8, 4) is 5.75 Å². The molecule has 0 saturated carbocycles. The molecular weight excluding hydrogens is 208 g/mol. The van der Waals surface area contributed by atoms with Crippen LogP contribution >= 0.6 is 0 Å². The molecule has 0 radical (unpaired) electrons. The van der Waals surface area contributed by atoms with E-state index in [1.165, 1.54) is 20.1 Å². The first-order chi connectivity index (χ1) is 7.60. The summed E-state index contributed by atoms with van der Waals surface area (Å²) in [6, 6.07) is 4.69. The molecule has 0 N–H and O–H groups in total. The lowest BCUT2D eigenvalue weighted by atomic mass is 10.1. The number of benzene rings is 1. The van der Waals surface area contributed by atoms with Crippen LogP contribution in [0.4, 0.5) is 0 Å². The van der Waals surface area contributed by atoms with Gasteiger partial charge in [-0.3, -0.25) is 4.79 Å². The molecule has 4 nitrogen and oxygen atoms in total. The minimum absolute atomic E-state index is 0.104. The predicted molar refractivity (Wildman–Crippen MR) is 59.0 cm³/mol. The first kappa shape index (κ1) is 12.2. The molecule has 0 amide bonds. The topological polar surface area (TPSA) is 52.6 Å². The molecule has 16 heavy (non-hydrogen) atoms. The van der Waals surface area contributed by atoms with Gasteiger partial charge < -0.3 is 9.47 Å². The van der Waals surface area contributed by atoms with Gasteiger partial charge in [0.25, 0.3) is 0 Å². The maximum absolute atomic E-state index is 11.6. The third kappa shape index (κ3) is 2.59. The molecule has 0 unspecified atom stereocenters. The van der Waals surface area contributed by atoms with Crippen LogP contribution in [0.1, 0.15) is 34.6 Å². The van der Waals surface area contributed by atoms with E-state index in [4.69, 9.17) is 9.47 Å². The van der Waals surface area contributed by atoms with Gasteiger partial charge in [0.1, 0.15) is 11.3 Å². The van der Waals surface area contributed by atoms with Crippen molar-refractivity contribution in [1.29, 1.82) is 0 Å². The summed E-state index contributed by atoms with van der Waals surface area (Å²) in [7, 11) is 1.46. The Morgan fingerprint density at radius 1 is 1.31 bits per heavy atom. The number of Topliss-reactive ketones (excluding diaryl/α,β-unsaturated/α-hetero) is 1. The molecule has 0 aliphatic rings. The summed E-state index contributed by atoms with van der Waals surface area (Å²) < 4.78 is 9.91. The van der Waals surface area contributed by atoms with E-state index in [1.807, 2.05) is 0 Å². The van der Waals surface area contributed by atoms with Crippen molar-refractivity contribution in [2.24, 2.45) is 0 Å². The van der Waals surface area contributed by atoms with Crippen LogP contribution in [-0.2, 0) is 4.74 Å². The second-order valence-electron chi connectivity index (χ2n) is 3.19. The summed E-state index contributed by atoms with van der Waals surface area (Å²) in [6.07, 6.45) is 0. The normalized spacial score (nSPS) is 9.69. The Balaban J connectivity index is 3.16. The van der Waals surface area contributed by atoms with E-state index in [2.05, 4.69) is 0 Å². The average molecular weight is 222 g/mol. The summed E-state index contributed by atoms with van der Waals surface area (Å²) >= 11 is 0. The maximum atomic E-state index is 11.6. The summed E-state index contributed by atoms with van der Waals surface area (Å²) in [4.78, 5) is 22.8. The van der Waals surface area contributed by atoms with Gasteiger partial charge in [-0.15, -0.1) is 0 Å². The van der Waals surface area contributed by atoms with Gasteiger partial charge in [0.2, 0.25) is 0 Å². The number of carbonyl (C=O) groups excluding carboxylic acids is 2. The minimum Gasteiger partial charge on any atom is -0.496 e. The lowest BCUT2D eigenvalue weighted by Gasteiger charge is -2.08. The summed E-state index contributed by atoms with van der Waals surface area (Å²) in [5, 5.41) is 0. The van der Waals surface area contributed by atoms with Crippen molar-refractivity contribution in [3.63, 3.8) is 0 Å². The molecule has 0 bridgehead atoms. The zero-order valence-corrected chi connectivity index (χ0v) is 9.57. The van der Waals surface area contributed by atoms with Gasteiger partial charge in [-0.05, 0) is 32.0 Å². The van der Waals surface area contributed by atoms with E-state index in [1.54, 1.807) is 19.1 Å². The van der Waals surface area contributed by atoms with Crippen molar-refractivity contribution in [1.82, 2.24) is 0 Å². The predicted octanol–water partition coefficient (Wildman–Crippen LogP) is 2.07. The van der Waals surface area contributed by atoms with E-state index in [-0.39, 0.29) is 18.0 Å². The Kier molecular flexibility index (Phi) is 4.05. The standard InChI is InChI=1S/C12H14O4/c1-4-16-12(14)10-7-9(8(2)13)5-6-11(10)15-3/h5-7H,4H2,1-3H3. The van der Waals surface area contributed by atoms with Gasteiger partial charge >= 0.3 is 5.97 Å². The molecular formula is C12H14O4. The number of hydrogen-bond acceptors (Lipinski definition) is 4. The summed E-state index contributed by atoms with van der Waals surface area (Å²) in [5.74, 6) is -0.181. The van der Waals surface area contributed by atoms with Gasteiger partial charge in [-0.1, -0.05) is 0 Å². The highest BCUT2D eigenvalue weighted by molar-refractivity contribution is 5.99. The molecule has 0 aromatic heterocycles. The Labute approximate surface area is 94.2 Å². The molecule has 0 saturated heterocycles. The van der Waals surface area contributed by atoms with Gasteiger partial charge in [-0.2, -0.15) is 0 Å². The highest BCUT2D eigenvalue weighted by atomic mass is 16.5. The molecule has 1 rings (SSSR count). The largest absolute Gasteiger partial charge is 0.496 e. The van der Waals surface area contributed by atoms with Crippen LogP contribution in [0.15, 0.2) is 18.2 Å². The van der Waals surface area contributed by atoms with Gasteiger partial charge in [0.15, 0.2) is 5.78 Å². The average Bonchev–Trinajstić information content (AvgIpc) is 2.28. The number of esters is 1. The van der Waals surface area contributed by atoms with E-state index in [0.29, 0.717) is 11.3 Å². The van der Waals surface area contributed by atoms with Crippen LogP contribution in [-0.4, -0.2) is 25.5 Å². The summed E-state index contributed by atoms with van der Waals surface area (Å²) in [6.45, 7) is 3.45. The zero-order chi connectivity index (χ0) is 12.1. The lowest BCUT2D eigenvalue weighted by molar-refractivity contribution is 0.0522. The number of methoxy groups -OCH3 is 1. The first-order valence-electron chi connectivity index (χ1n) is 4.96. The molecule has 1 aromatic rings. The minimum atomic E-state index is -0.484.